The highest BCUT2D eigenvalue weighted by atomic mass is 35.5. The highest BCUT2D eigenvalue weighted by Crippen LogP contribution is 2.37. The number of benzene rings is 2. The lowest BCUT2D eigenvalue weighted by molar-refractivity contribution is -0.444. The van der Waals surface area contributed by atoms with Gasteiger partial charge in [-0.3, -0.25) is 0 Å². The Morgan fingerprint density at radius 1 is 1.22 bits per heavy atom. The second-order valence-electron chi connectivity index (χ2n) is 4.56. The molecule has 0 radical (unpaired) electrons. The van der Waals surface area contributed by atoms with Gasteiger partial charge in [-0.2, -0.15) is 0 Å². The Labute approximate surface area is 112 Å². The Kier molecular flexibility index (Phi) is 3.76. The van der Waals surface area contributed by atoms with Gasteiger partial charge in [0.15, 0.2) is 0 Å². The van der Waals surface area contributed by atoms with E-state index in [1.165, 1.54) is 10.8 Å². The lowest BCUT2D eigenvalue weighted by Gasteiger charge is -2.28. The maximum absolute atomic E-state index is 9.34. The molecule has 0 spiro atoms. The second-order valence-corrected chi connectivity index (χ2v) is 4.56. The summed E-state index contributed by atoms with van der Waals surface area (Å²) in [7, 11) is 0. The van der Waals surface area contributed by atoms with Gasteiger partial charge in [-0.25, -0.2) is 0 Å². The molecule has 0 fully saturated rings. The van der Waals surface area contributed by atoms with Crippen molar-refractivity contribution in [2.24, 2.45) is 5.92 Å². The maximum Gasteiger partial charge on any atom is 0.129 e. The van der Waals surface area contributed by atoms with Gasteiger partial charge < -0.3 is 28.0 Å². The minimum absolute atomic E-state index is 0. The van der Waals surface area contributed by atoms with Crippen molar-refractivity contribution >= 4 is 10.8 Å². The van der Waals surface area contributed by atoms with Crippen LogP contribution in [0.2, 0.25) is 0 Å². The number of halogens is 1. The molecule has 3 rings (SSSR count). The monoisotopic (exact) mass is 265 g/mol. The fourth-order valence-electron chi connectivity index (χ4n) is 2.51. The van der Waals surface area contributed by atoms with E-state index < -0.39 is 0 Å². The van der Waals surface area contributed by atoms with Gasteiger partial charge in [0.25, 0.3) is 0 Å². The van der Waals surface area contributed by atoms with Crippen molar-refractivity contribution in [2.45, 2.75) is 6.04 Å². The normalized spacial score (nSPS) is 21.9. The summed E-state index contributed by atoms with van der Waals surface area (Å²) in [5, 5.41) is 11.7. The van der Waals surface area contributed by atoms with Gasteiger partial charge in [0.05, 0.1) is 24.7 Å². The van der Waals surface area contributed by atoms with Crippen LogP contribution < -0.4 is 22.9 Å². The lowest BCUT2D eigenvalue weighted by atomic mass is 9.88. The van der Waals surface area contributed by atoms with E-state index in [2.05, 4.69) is 23.9 Å². The summed E-state index contributed by atoms with van der Waals surface area (Å²) in [6.07, 6.45) is 0. The van der Waals surface area contributed by atoms with E-state index in [0.717, 1.165) is 11.3 Å². The molecule has 1 heterocycles. The van der Waals surface area contributed by atoms with Crippen molar-refractivity contribution in [1.82, 2.24) is 0 Å². The van der Waals surface area contributed by atoms with Crippen LogP contribution in [-0.4, -0.2) is 18.3 Å². The van der Waals surface area contributed by atoms with Gasteiger partial charge in [0, 0.05) is 0 Å². The van der Waals surface area contributed by atoms with Crippen molar-refractivity contribution < 1.29 is 28.0 Å². The molecule has 2 aromatic rings. The molecular weight excluding hydrogens is 250 g/mol. The van der Waals surface area contributed by atoms with Crippen LogP contribution in [-0.2, 0) is 0 Å². The summed E-state index contributed by atoms with van der Waals surface area (Å²) in [5.41, 5.74) is 5.33. The van der Waals surface area contributed by atoms with Gasteiger partial charge in [0.2, 0.25) is 0 Å². The summed E-state index contributed by atoms with van der Waals surface area (Å²) >= 11 is 0. The van der Waals surface area contributed by atoms with Crippen molar-refractivity contribution in [3.63, 3.8) is 0 Å². The fraction of sp³-hybridized carbons (Fsp3) is 0.286. The van der Waals surface area contributed by atoms with E-state index in [0.29, 0.717) is 6.61 Å². The highest BCUT2D eigenvalue weighted by molar-refractivity contribution is 5.88. The second kappa shape index (κ2) is 5.14. The number of rotatable bonds is 1. The van der Waals surface area contributed by atoms with Gasteiger partial charge in [-0.05, 0) is 16.8 Å². The molecule has 1 aliphatic rings. The standard InChI is InChI=1S/C14H15NO2.ClH/c15-14-10(7-16)8-17-12-6-5-9-3-1-2-4-11(9)13(12)14;/h1-6,10,14,16H,7-8,15H2;1H. The number of hydrogen-bond donors (Lipinski definition) is 2. The van der Waals surface area contributed by atoms with Crippen molar-refractivity contribution in [3.8, 4) is 5.75 Å². The average Bonchev–Trinajstić information content (AvgIpc) is 2.38. The molecule has 96 valence electrons. The molecule has 1 aliphatic heterocycles. The molecule has 0 aliphatic carbocycles. The first kappa shape index (κ1) is 13.1. The minimum Gasteiger partial charge on any atom is -1.00 e. The topological polar surface area (TPSA) is 57.1 Å². The van der Waals surface area contributed by atoms with E-state index >= 15 is 0 Å². The lowest BCUT2D eigenvalue weighted by Crippen LogP contribution is -3.00. The van der Waals surface area contributed by atoms with Gasteiger partial charge >= 0.3 is 0 Å². The molecule has 0 amide bonds. The number of quaternary nitrogens is 1. The number of ether oxygens (including phenoxy) is 1. The quantitative estimate of drug-likeness (QED) is 0.635. The van der Waals surface area contributed by atoms with Crippen LogP contribution in [0, 0.1) is 5.92 Å². The first-order valence-corrected chi connectivity index (χ1v) is 5.89. The van der Waals surface area contributed by atoms with E-state index in [9.17, 15) is 5.11 Å². The van der Waals surface area contributed by atoms with Crippen LogP contribution in [0.3, 0.4) is 0 Å². The minimum atomic E-state index is 0. The van der Waals surface area contributed by atoms with Crippen molar-refractivity contribution in [2.75, 3.05) is 13.2 Å². The predicted octanol–water partition coefficient (Wildman–Crippen LogP) is -1.87. The number of fused-ring (bicyclic) bond motifs is 3. The third kappa shape index (κ3) is 1.94. The zero-order chi connectivity index (χ0) is 11.8. The van der Waals surface area contributed by atoms with Crippen LogP contribution in [0.4, 0.5) is 0 Å². The van der Waals surface area contributed by atoms with E-state index in [1.54, 1.807) is 0 Å². The van der Waals surface area contributed by atoms with Crippen molar-refractivity contribution in [3.05, 3.63) is 42.0 Å². The summed E-state index contributed by atoms with van der Waals surface area (Å²) in [4.78, 5) is 0. The third-order valence-corrected chi connectivity index (χ3v) is 3.56. The van der Waals surface area contributed by atoms with E-state index in [4.69, 9.17) is 4.74 Å². The van der Waals surface area contributed by atoms with Crippen molar-refractivity contribution in [1.29, 1.82) is 0 Å². The molecule has 3 nitrogen and oxygen atoms in total. The third-order valence-electron chi connectivity index (χ3n) is 3.56. The SMILES string of the molecule is [Cl-].[NH3+]C1c2c(ccc3ccccc23)OCC1CO. The van der Waals surface area contributed by atoms with Crippen LogP contribution in [0.25, 0.3) is 10.8 Å². The Morgan fingerprint density at radius 3 is 2.78 bits per heavy atom. The molecule has 0 bridgehead atoms. The Hall–Kier alpha value is -1.29. The summed E-state index contributed by atoms with van der Waals surface area (Å²) in [6.45, 7) is 0.673. The number of aliphatic hydroxyl groups is 1. The van der Waals surface area contributed by atoms with Crippen LogP contribution in [0.15, 0.2) is 36.4 Å². The van der Waals surface area contributed by atoms with E-state index in [-0.39, 0.29) is 31.0 Å². The van der Waals surface area contributed by atoms with Gasteiger partial charge in [-0.1, -0.05) is 30.3 Å². The first-order chi connectivity index (χ1) is 8.31. The zero-order valence-corrected chi connectivity index (χ0v) is 10.7. The summed E-state index contributed by atoms with van der Waals surface area (Å²) in [6, 6.07) is 12.4. The van der Waals surface area contributed by atoms with E-state index in [1.807, 2.05) is 18.2 Å². The maximum atomic E-state index is 9.34. The average molecular weight is 266 g/mol. The predicted molar refractivity (Wildman–Crippen MR) is 65.6 cm³/mol. The molecule has 18 heavy (non-hydrogen) atoms. The first-order valence-electron chi connectivity index (χ1n) is 5.89. The number of aliphatic hydroxyl groups excluding tert-OH is 1. The largest absolute Gasteiger partial charge is 1.00 e. The Balaban J connectivity index is 0.00000120. The molecule has 4 N–H and O–H groups in total. The van der Waals surface area contributed by atoms with Gasteiger partial charge in [-0.15, -0.1) is 0 Å². The fourth-order valence-corrected chi connectivity index (χ4v) is 2.51. The highest BCUT2D eigenvalue weighted by Gasteiger charge is 2.32. The molecule has 2 unspecified atom stereocenters. The molecule has 0 saturated carbocycles. The molecular formula is C14H16ClNO2. The Morgan fingerprint density at radius 2 is 2.00 bits per heavy atom. The summed E-state index contributed by atoms with van der Waals surface area (Å²) < 4.78 is 5.71. The zero-order valence-electron chi connectivity index (χ0n) is 9.97. The molecule has 2 aromatic carbocycles. The van der Waals surface area contributed by atoms with Crippen LogP contribution >= 0.6 is 0 Å². The molecule has 0 saturated heterocycles. The number of hydrogen-bond acceptors (Lipinski definition) is 2. The summed E-state index contributed by atoms with van der Waals surface area (Å²) in [5.74, 6) is 1.00. The smallest absolute Gasteiger partial charge is 0.129 e. The molecule has 0 aromatic heterocycles. The van der Waals surface area contributed by atoms with Crippen LogP contribution in [0.1, 0.15) is 11.6 Å². The van der Waals surface area contributed by atoms with Crippen LogP contribution in [0.5, 0.6) is 5.75 Å². The molecule has 2 atom stereocenters. The Bertz CT molecular complexity index is 558. The molecule has 4 heteroatoms. The van der Waals surface area contributed by atoms with Gasteiger partial charge in [0.1, 0.15) is 11.8 Å².